The summed E-state index contributed by atoms with van der Waals surface area (Å²) in [6, 6.07) is 8.55. The third kappa shape index (κ3) is 7.37. The van der Waals surface area contributed by atoms with E-state index in [9.17, 15) is 0 Å². The fraction of sp³-hybridized carbons (Fsp3) is 0.700. The summed E-state index contributed by atoms with van der Waals surface area (Å²) >= 11 is 0. The van der Waals surface area contributed by atoms with Gasteiger partial charge in [0.2, 0.25) is 0 Å². The molecule has 0 aliphatic carbocycles. The van der Waals surface area contributed by atoms with Gasteiger partial charge < -0.3 is 14.5 Å². The monoisotopic (exact) mass is 351 g/mol. The average molecular weight is 352 g/mol. The summed E-state index contributed by atoms with van der Waals surface area (Å²) < 4.78 is 11.9. The number of nitrogens with one attached hydrogen (secondary N) is 1. The van der Waals surface area contributed by atoms with Gasteiger partial charge in [0, 0.05) is 18.8 Å². The first kappa shape index (κ1) is 21.2. The van der Waals surface area contributed by atoms with E-state index in [-0.39, 0.29) is 11.1 Å². The molecule has 3 nitrogen and oxygen atoms in total. The Morgan fingerprint density at radius 3 is 2.38 bits per heavy atom. The molecule has 0 saturated carbocycles. The van der Waals surface area contributed by atoms with Gasteiger partial charge in [0.25, 0.3) is 0 Å². The zero-order chi connectivity index (χ0) is 18.2. The summed E-state index contributed by atoms with van der Waals surface area (Å²) in [4.78, 5) is 0. The van der Waals surface area contributed by atoms with Crippen LogP contribution in [0, 0.1) is 0 Å². The first-order chi connectivity index (χ1) is 11.1. The predicted octanol–water partition coefficient (Wildman–Crippen LogP) is 5.48. The number of ether oxygens (including phenoxy) is 1. The Balaban J connectivity index is 2.43. The van der Waals surface area contributed by atoms with E-state index < -0.39 is 8.32 Å². The van der Waals surface area contributed by atoms with Crippen molar-refractivity contribution in [3.8, 4) is 0 Å². The van der Waals surface area contributed by atoms with Crippen LogP contribution in [-0.4, -0.2) is 34.2 Å². The van der Waals surface area contributed by atoms with Crippen LogP contribution in [0.1, 0.15) is 46.6 Å². The van der Waals surface area contributed by atoms with E-state index in [1.807, 2.05) is 0 Å². The summed E-state index contributed by atoms with van der Waals surface area (Å²) in [6.07, 6.45) is 2.39. The molecule has 1 N–H and O–H groups in total. The minimum atomic E-state index is -1.63. The lowest BCUT2D eigenvalue weighted by Gasteiger charge is -2.36. The van der Waals surface area contributed by atoms with Gasteiger partial charge in [-0.1, -0.05) is 39.0 Å². The molecule has 0 saturated heterocycles. The predicted molar refractivity (Wildman–Crippen MR) is 107 cm³/mol. The molecule has 24 heavy (non-hydrogen) atoms. The second kappa shape index (κ2) is 9.59. The first-order valence-electron chi connectivity index (χ1n) is 9.21. The molecule has 0 fully saturated rings. The first-order valence-corrected chi connectivity index (χ1v) is 12.1. The molecule has 1 rings (SSSR count). The topological polar surface area (TPSA) is 30.5 Å². The lowest BCUT2D eigenvalue weighted by molar-refractivity contribution is 0.0870. The minimum Gasteiger partial charge on any atom is -0.417 e. The molecular weight excluding hydrogens is 314 g/mol. The Morgan fingerprint density at radius 2 is 1.75 bits per heavy atom. The number of hydrogen-bond donors (Lipinski definition) is 1. The van der Waals surface area contributed by atoms with Gasteiger partial charge in [-0.15, -0.1) is 0 Å². The lowest BCUT2D eigenvalue weighted by atomic mass is 10.1. The van der Waals surface area contributed by atoms with Gasteiger partial charge in [-0.05, 0) is 56.5 Å². The largest absolute Gasteiger partial charge is 0.417 e. The lowest BCUT2D eigenvalue weighted by Crippen LogP contribution is -2.41. The molecule has 0 amide bonds. The molecule has 0 aliphatic rings. The van der Waals surface area contributed by atoms with Gasteiger partial charge in [-0.25, -0.2) is 0 Å². The summed E-state index contributed by atoms with van der Waals surface area (Å²) in [5, 5.41) is 3.77. The summed E-state index contributed by atoms with van der Waals surface area (Å²) in [7, 11) is -1.63. The highest BCUT2D eigenvalue weighted by Gasteiger charge is 2.36. The van der Waals surface area contributed by atoms with E-state index in [1.165, 1.54) is 11.3 Å². The van der Waals surface area contributed by atoms with Crippen LogP contribution in [0.4, 0.5) is 5.69 Å². The molecule has 0 spiro atoms. The Hall–Kier alpha value is -0.843. The molecule has 4 heteroatoms. The number of anilines is 1. The van der Waals surface area contributed by atoms with Crippen molar-refractivity contribution in [3.05, 3.63) is 29.8 Å². The molecule has 0 aliphatic heterocycles. The maximum absolute atomic E-state index is 6.28. The summed E-state index contributed by atoms with van der Waals surface area (Å²) in [6.45, 7) is 18.1. The highest BCUT2D eigenvalue weighted by Crippen LogP contribution is 2.36. The summed E-state index contributed by atoms with van der Waals surface area (Å²) in [5.74, 6) is 0. The van der Waals surface area contributed by atoms with E-state index in [0.717, 1.165) is 32.6 Å². The maximum Gasteiger partial charge on any atom is 0.191 e. The maximum atomic E-state index is 6.28. The van der Waals surface area contributed by atoms with Crippen LogP contribution in [-0.2, 0) is 15.6 Å². The second-order valence-electron chi connectivity index (χ2n) is 8.22. The Bertz CT molecular complexity index is 481. The summed E-state index contributed by atoms with van der Waals surface area (Å²) in [5.41, 5.74) is 2.58. The highest BCUT2D eigenvalue weighted by molar-refractivity contribution is 6.74. The van der Waals surface area contributed by atoms with Gasteiger partial charge in [0.1, 0.15) is 0 Å². The molecule has 0 aromatic heterocycles. The number of para-hydroxylation sites is 1. The Kier molecular flexibility index (Phi) is 8.47. The number of benzene rings is 1. The normalized spacial score (nSPS) is 12.7. The molecule has 0 unspecified atom stereocenters. The van der Waals surface area contributed by atoms with Crippen LogP contribution >= 0.6 is 0 Å². The van der Waals surface area contributed by atoms with Crippen molar-refractivity contribution in [2.45, 2.75) is 71.7 Å². The van der Waals surface area contributed by atoms with Crippen LogP contribution in [0.25, 0.3) is 0 Å². The Labute approximate surface area is 150 Å². The molecular formula is C20H37NO2Si. The molecule has 0 radical (unpaired) electrons. The van der Waals surface area contributed by atoms with Crippen molar-refractivity contribution in [3.63, 3.8) is 0 Å². The van der Waals surface area contributed by atoms with E-state index in [0.29, 0.717) is 0 Å². The zero-order valence-corrected chi connectivity index (χ0v) is 17.7. The van der Waals surface area contributed by atoms with Crippen molar-refractivity contribution in [2.75, 3.05) is 25.1 Å². The van der Waals surface area contributed by atoms with E-state index >= 15 is 0 Å². The van der Waals surface area contributed by atoms with Crippen molar-refractivity contribution in [2.24, 2.45) is 0 Å². The number of rotatable bonds is 10. The van der Waals surface area contributed by atoms with E-state index in [1.54, 1.807) is 0 Å². The van der Waals surface area contributed by atoms with Crippen molar-refractivity contribution in [1.82, 2.24) is 0 Å². The smallest absolute Gasteiger partial charge is 0.191 e. The van der Waals surface area contributed by atoms with Crippen molar-refractivity contribution in [1.29, 1.82) is 0 Å². The fourth-order valence-electron chi connectivity index (χ4n) is 2.20. The van der Waals surface area contributed by atoms with Gasteiger partial charge in [-0.2, -0.15) is 0 Å². The third-order valence-corrected chi connectivity index (χ3v) is 9.28. The van der Waals surface area contributed by atoms with Crippen LogP contribution in [0.2, 0.25) is 18.1 Å². The second-order valence-corrected chi connectivity index (χ2v) is 13.0. The van der Waals surface area contributed by atoms with Crippen LogP contribution in [0.3, 0.4) is 0 Å². The average Bonchev–Trinajstić information content (AvgIpc) is 2.48. The molecule has 0 heterocycles. The molecule has 1 aromatic rings. The third-order valence-electron chi connectivity index (χ3n) is 4.75. The van der Waals surface area contributed by atoms with Gasteiger partial charge in [-0.3, -0.25) is 0 Å². The molecule has 1 aromatic carbocycles. The minimum absolute atomic E-state index is 0.281. The van der Waals surface area contributed by atoms with Crippen molar-refractivity contribution >= 4 is 14.0 Å². The number of hydrogen-bond acceptors (Lipinski definition) is 3. The number of aryl methyl sites for hydroxylation is 1. The van der Waals surface area contributed by atoms with Crippen LogP contribution < -0.4 is 5.32 Å². The molecule has 0 bridgehead atoms. The van der Waals surface area contributed by atoms with E-state index in [2.05, 4.69) is 77.3 Å². The zero-order valence-electron chi connectivity index (χ0n) is 16.7. The van der Waals surface area contributed by atoms with Crippen molar-refractivity contribution < 1.29 is 9.16 Å². The molecule has 0 atom stereocenters. The highest BCUT2D eigenvalue weighted by atomic mass is 28.4. The van der Waals surface area contributed by atoms with Gasteiger partial charge in [0.05, 0.1) is 12.7 Å². The van der Waals surface area contributed by atoms with E-state index in [4.69, 9.17) is 9.16 Å². The Morgan fingerprint density at radius 1 is 1.08 bits per heavy atom. The molecule has 138 valence electrons. The van der Waals surface area contributed by atoms with Crippen LogP contribution in [0.15, 0.2) is 24.3 Å². The quantitative estimate of drug-likeness (QED) is 0.447. The standard InChI is InChI=1S/C20H37NO2Si/c1-17(2)22-16-14-21-19-13-9-8-11-18(19)12-10-15-23-24(6,7)20(3,4)5/h8-9,11,13,17,21H,10,12,14-16H2,1-7H3. The SMILES string of the molecule is CC(C)OCCNc1ccccc1CCCO[Si](C)(C)C(C)(C)C. The fourth-order valence-corrected chi connectivity index (χ4v) is 3.29. The van der Waals surface area contributed by atoms with Gasteiger partial charge >= 0.3 is 0 Å². The van der Waals surface area contributed by atoms with Gasteiger partial charge in [0.15, 0.2) is 8.32 Å². The van der Waals surface area contributed by atoms with Crippen LogP contribution in [0.5, 0.6) is 0 Å².